The van der Waals surface area contributed by atoms with Crippen molar-refractivity contribution in [1.29, 1.82) is 0 Å². The molecule has 0 saturated heterocycles. The molecule has 2 N–H and O–H groups in total. The van der Waals surface area contributed by atoms with Crippen molar-refractivity contribution in [2.45, 2.75) is 6.92 Å². The number of benzene rings is 1. The first-order valence-corrected chi connectivity index (χ1v) is 7.40. The first kappa shape index (κ1) is 16.5. The number of nitrogens with zero attached hydrogens (tertiary/aromatic N) is 1. The molecule has 6 heteroatoms. The SMILES string of the molecule is CCOc1ccc(C(=O)NCCNC(=O)c2cccnc2)cc1. The van der Waals surface area contributed by atoms with Gasteiger partial charge in [-0.2, -0.15) is 0 Å². The molecule has 120 valence electrons. The van der Waals surface area contributed by atoms with Crippen LogP contribution in [0.4, 0.5) is 0 Å². The van der Waals surface area contributed by atoms with Gasteiger partial charge in [-0.05, 0) is 43.3 Å². The summed E-state index contributed by atoms with van der Waals surface area (Å²) in [6.45, 7) is 3.18. The molecular weight excluding hydrogens is 294 g/mol. The molecule has 0 aliphatic rings. The molecule has 0 saturated carbocycles. The molecule has 2 aromatic rings. The minimum absolute atomic E-state index is 0.191. The second-order valence-electron chi connectivity index (χ2n) is 4.71. The van der Waals surface area contributed by atoms with Gasteiger partial charge in [-0.15, -0.1) is 0 Å². The zero-order chi connectivity index (χ0) is 16.5. The van der Waals surface area contributed by atoms with Gasteiger partial charge in [0.15, 0.2) is 0 Å². The number of nitrogens with one attached hydrogen (secondary N) is 2. The maximum atomic E-state index is 12.0. The highest BCUT2D eigenvalue weighted by atomic mass is 16.5. The van der Waals surface area contributed by atoms with Gasteiger partial charge in [-0.1, -0.05) is 0 Å². The van der Waals surface area contributed by atoms with E-state index in [0.29, 0.717) is 30.8 Å². The zero-order valence-electron chi connectivity index (χ0n) is 12.9. The molecular formula is C17H19N3O3. The van der Waals surface area contributed by atoms with Crippen LogP contribution in [0.2, 0.25) is 0 Å². The lowest BCUT2D eigenvalue weighted by molar-refractivity contribution is 0.0927. The fourth-order valence-electron chi connectivity index (χ4n) is 1.92. The number of hydrogen-bond donors (Lipinski definition) is 2. The zero-order valence-corrected chi connectivity index (χ0v) is 12.9. The number of aromatic nitrogens is 1. The molecule has 2 amide bonds. The predicted octanol–water partition coefficient (Wildman–Crippen LogP) is 1.64. The van der Waals surface area contributed by atoms with Gasteiger partial charge >= 0.3 is 0 Å². The third-order valence-corrected chi connectivity index (χ3v) is 3.05. The van der Waals surface area contributed by atoms with Gasteiger partial charge in [-0.25, -0.2) is 0 Å². The Balaban J connectivity index is 1.73. The van der Waals surface area contributed by atoms with E-state index in [1.54, 1.807) is 42.6 Å². The van der Waals surface area contributed by atoms with E-state index in [0.717, 1.165) is 5.75 Å². The van der Waals surface area contributed by atoms with Crippen LogP contribution in [0.1, 0.15) is 27.6 Å². The van der Waals surface area contributed by atoms with E-state index in [1.165, 1.54) is 6.20 Å². The number of rotatable bonds is 7. The largest absolute Gasteiger partial charge is 0.494 e. The number of carbonyl (C=O) groups excluding carboxylic acids is 2. The molecule has 1 heterocycles. The van der Waals surface area contributed by atoms with Crippen LogP contribution < -0.4 is 15.4 Å². The molecule has 0 atom stereocenters. The average molecular weight is 313 g/mol. The summed E-state index contributed by atoms with van der Waals surface area (Å²) in [6, 6.07) is 10.3. The van der Waals surface area contributed by atoms with Crippen molar-refractivity contribution >= 4 is 11.8 Å². The van der Waals surface area contributed by atoms with Gasteiger partial charge in [0.2, 0.25) is 0 Å². The van der Waals surface area contributed by atoms with E-state index in [4.69, 9.17) is 4.74 Å². The summed E-state index contributed by atoms with van der Waals surface area (Å²) in [5.74, 6) is 0.324. The monoisotopic (exact) mass is 313 g/mol. The standard InChI is InChI=1S/C17H19N3O3/c1-2-23-15-7-5-13(6-8-15)16(21)19-10-11-20-17(22)14-4-3-9-18-12-14/h3-9,12H,2,10-11H2,1H3,(H,19,21)(H,20,22). The smallest absolute Gasteiger partial charge is 0.252 e. The fraction of sp³-hybridized carbons (Fsp3) is 0.235. The van der Waals surface area contributed by atoms with Gasteiger partial charge < -0.3 is 15.4 Å². The van der Waals surface area contributed by atoms with E-state index in [9.17, 15) is 9.59 Å². The fourth-order valence-corrected chi connectivity index (χ4v) is 1.92. The van der Waals surface area contributed by atoms with Crippen LogP contribution >= 0.6 is 0 Å². The molecule has 2 rings (SSSR count). The lowest BCUT2D eigenvalue weighted by Gasteiger charge is -2.08. The van der Waals surface area contributed by atoms with Crippen molar-refractivity contribution in [2.75, 3.05) is 19.7 Å². The van der Waals surface area contributed by atoms with E-state index < -0.39 is 0 Å². The Morgan fingerprint density at radius 3 is 2.22 bits per heavy atom. The Morgan fingerprint density at radius 2 is 1.65 bits per heavy atom. The summed E-state index contributed by atoms with van der Waals surface area (Å²) in [4.78, 5) is 27.6. The maximum Gasteiger partial charge on any atom is 0.252 e. The van der Waals surface area contributed by atoms with Crippen LogP contribution in [0, 0.1) is 0 Å². The molecule has 0 radical (unpaired) electrons. The van der Waals surface area contributed by atoms with Crippen molar-refractivity contribution < 1.29 is 14.3 Å². The van der Waals surface area contributed by atoms with Gasteiger partial charge in [0, 0.05) is 31.0 Å². The molecule has 1 aromatic heterocycles. The molecule has 0 bridgehead atoms. The second kappa shape index (κ2) is 8.53. The lowest BCUT2D eigenvalue weighted by Crippen LogP contribution is -2.34. The van der Waals surface area contributed by atoms with Crippen molar-refractivity contribution in [2.24, 2.45) is 0 Å². The van der Waals surface area contributed by atoms with E-state index in [1.807, 2.05) is 6.92 Å². The van der Waals surface area contributed by atoms with Crippen molar-refractivity contribution in [3.8, 4) is 5.75 Å². The van der Waals surface area contributed by atoms with Crippen LogP contribution in [0.15, 0.2) is 48.8 Å². The lowest BCUT2D eigenvalue weighted by atomic mass is 10.2. The van der Waals surface area contributed by atoms with Gasteiger partial charge in [0.05, 0.1) is 12.2 Å². The van der Waals surface area contributed by atoms with Crippen molar-refractivity contribution in [3.05, 3.63) is 59.9 Å². The Kier molecular flexibility index (Phi) is 6.11. The predicted molar refractivity (Wildman–Crippen MR) is 86.5 cm³/mol. The minimum atomic E-state index is -0.214. The maximum absolute atomic E-state index is 12.0. The Hall–Kier alpha value is -2.89. The molecule has 0 unspecified atom stereocenters. The van der Waals surface area contributed by atoms with Crippen molar-refractivity contribution in [1.82, 2.24) is 15.6 Å². The van der Waals surface area contributed by atoms with Crippen LogP contribution in [-0.2, 0) is 0 Å². The average Bonchev–Trinajstić information content (AvgIpc) is 2.60. The summed E-state index contributed by atoms with van der Waals surface area (Å²) in [5.41, 5.74) is 1.04. The Bertz CT molecular complexity index is 642. The van der Waals surface area contributed by atoms with E-state index in [2.05, 4.69) is 15.6 Å². The van der Waals surface area contributed by atoms with E-state index >= 15 is 0 Å². The topological polar surface area (TPSA) is 80.3 Å². The van der Waals surface area contributed by atoms with Crippen LogP contribution in [0.25, 0.3) is 0 Å². The van der Waals surface area contributed by atoms with Crippen LogP contribution in [-0.4, -0.2) is 36.5 Å². The van der Waals surface area contributed by atoms with E-state index in [-0.39, 0.29) is 11.8 Å². The number of carbonyl (C=O) groups is 2. The summed E-state index contributed by atoms with van der Waals surface area (Å²) in [7, 11) is 0. The van der Waals surface area contributed by atoms with Gasteiger partial charge in [-0.3, -0.25) is 14.6 Å². The van der Waals surface area contributed by atoms with Crippen molar-refractivity contribution in [3.63, 3.8) is 0 Å². The molecule has 0 aliphatic carbocycles. The minimum Gasteiger partial charge on any atom is -0.494 e. The molecule has 0 fully saturated rings. The quantitative estimate of drug-likeness (QED) is 0.762. The third kappa shape index (κ3) is 5.10. The van der Waals surface area contributed by atoms with Crippen LogP contribution in [0.3, 0.4) is 0 Å². The number of ether oxygens (including phenoxy) is 1. The Morgan fingerprint density at radius 1 is 1.00 bits per heavy atom. The van der Waals surface area contributed by atoms with Crippen LogP contribution in [0.5, 0.6) is 5.75 Å². The Labute approximate surface area is 134 Å². The number of hydrogen-bond acceptors (Lipinski definition) is 4. The highest BCUT2D eigenvalue weighted by Crippen LogP contribution is 2.11. The molecule has 23 heavy (non-hydrogen) atoms. The summed E-state index contributed by atoms with van der Waals surface area (Å²) < 4.78 is 5.32. The van der Waals surface area contributed by atoms with Gasteiger partial charge in [0.25, 0.3) is 11.8 Å². The normalized spacial score (nSPS) is 9.96. The molecule has 0 aliphatic heterocycles. The second-order valence-corrected chi connectivity index (χ2v) is 4.71. The highest BCUT2D eigenvalue weighted by molar-refractivity contribution is 5.95. The summed E-state index contributed by atoms with van der Waals surface area (Å²) in [5, 5.41) is 5.47. The molecule has 1 aromatic carbocycles. The first-order valence-electron chi connectivity index (χ1n) is 7.40. The summed E-state index contributed by atoms with van der Waals surface area (Å²) in [6.07, 6.45) is 3.10. The number of amides is 2. The highest BCUT2D eigenvalue weighted by Gasteiger charge is 2.06. The summed E-state index contributed by atoms with van der Waals surface area (Å²) >= 11 is 0. The van der Waals surface area contributed by atoms with Gasteiger partial charge in [0.1, 0.15) is 5.75 Å². The number of pyridine rings is 1. The third-order valence-electron chi connectivity index (χ3n) is 3.05. The molecule has 0 spiro atoms. The molecule has 6 nitrogen and oxygen atoms in total. The first-order chi connectivity index (χ1) is 11.2.